The van der Waals surface area contributed by atoms with E-state index < -0.39 is 0 Å². The van der Waals surface area contributed by atoms with Gasteiger partial charge >= 0.3 is 0 Å². The van der Waals surface area contributed by atoms with E-state index in [1.165, 1.54) is 0 Å². The molecule has 0 bridgehead atoms. The van der Waals surface area contributed by atoms with Crippen LogP contribution < -0.4 is 0 Å². The fraction of sp³-hybridized carbons (Fsp3) is 0. The minimum Gasteiger partial charge on any atom is -0.309 e. The van der Waals surface area contributed by atoms with Gasteiger partial charge in [-0.15, -0.1) is 0 Å². The Morgan fingerprint density at radius 3 is 0.867 bits per heavy atom. The number of fused-ring (bicyclic) bond motifs is 6. The highest BCUT2D eigenvalue weighted by Gasteiger charge is 2.25. The van der Waals surface area contributed by atoms with Crippen molar-refractivity contribution in [2.75, 3.05) is 0 Å². The summed E-state index contributed by atoms with van der Waals surface area (Å²) in [5, 5.41) is 53.8. The van der Waals surface area contributed by atoms with E-state index in [0.29, 0.717) is 45.3 Å². The monoisotopic (exact) mass is 1140 g/mol. The third-order valence-corrected chi connectivity index (χ3v) is 16.8. The van der Waals surface area contributed by atoms with Gasteiger partial charge in [0.15, 0.2) is 17.5 Å². The molecule has 15 rings (SSSR count). The van der Waals surface area contributed by atoms with Crippen molar-refractivity contribution < 1.29 is 0 Å². The lowest BCUT2D eigenvalue weighted by Crippen LogP contribution is -2.04. The van der Waals surface area contributed by atoms with Crippen LogP contribution >= 0.6 is 0 Å². The molecule has 0 fully saturated rings. The van der Waals surface area contributed by atoms with E-state index in [1.807, 2.05) is 176 Å². The summed E-state index contributed by atoms with van der Waals surface area (Å²) in [6, 6.07) is 100.0. The Hall–Kier alpha value is -13.3. The minimum absolute atomic E-state index is 0.465. The fourth-order valence-electron chi connectivity index (χ4n) is 12.3. The zero-order chi connectivity index (χ0) is 60.8. The zero-order valence-corrected chi connectivity index (χ0v) is 47.9. The van der Waals surface area contributed by atoms with Crippen LogP contribution in [0.5, 0.6) is 0 Å². The fourth-order valence-corrected chi connectivity index (χ4v) is 12.3. The van der Waals surface area contributed by atoms with E-state index in [-0.39, 0.29) is 0 Å². The molecule has 0 spiro atoms. The molecule has 90 heavy (non-hydrogen) atoms. The lowest BCUT2D eigenvalue weighted by atomic mass is 9.96. The third kappa shape index (κ3) is 9.50. The van der Waals surface area contributed by atoms with Gasteiger partial charge in [-0.1, -0.05) is 146 Å². The summed E-state index contributed by atoms with van der Waals surface area (Å²) in [6.45, 7) is 0. The average molecular weight is 1150 g/mol. The van der Waals surface area contributed by atoms with E-state index in [4.69, 9.17) is 15.0 Å². The van der Waals surface area contributed by atoms with Crippen LogP contribution in [0.25, 0.3) is 145 Å². The highest BCUT2D eigenvalue weighted by atomic mass is 15.0. The molecule has 0 unspecified atom stereocenters. The maximum atomic E-state index is 10.9. The molecule has 0 radical (unpaired) electrons. The maximum Gasteiger partial charge on any atom is 0.164 e. The van der Waals surface area contributed by atoms with Gasteiger partial charge in [-0.05, 0) is 166 Å². The maximum absolute atomic E-state index is 10.9. The van der Waals surface area contributed by atoms with Gasteiger partial charge in [-0.3, -0.25) is 0 Å². The summed E-state index contributed by atoms with van der Waals surface area (Å²) >= 11 is 0. The highest BCUT2D eigenvalue weighted by Crippen LogP contribution is 2.45. The third-order valence-electron chi connectivity index (χ3n) is 16.8. The van der Waals surface area contributed by atoms with Crippen LogP contribution in [0.1, 0.15) is 27.8 Å². The first-order valence-electron chi connectivity index (χ1n) is 29.1. The molecule has 0 N–H and O–H groups in total. The summed E-state index contributed by atoms with van der Waals surface area (Å²) < 4.78 is 4.59. The van der Waals surface area contributed by atoms with Gasteiger partial charge in [0, 0.05) is 49.4 Å². The van der Waals surface area contributed by atoms with Crippen molar-refractivity contribution >= 4 is 43.6 Å². The molecule has 0 saturated carbocycles. The molecule has 15 aromatic rings. The number of hydrogen-bond acceptors (Lipinski definition) is 8. The molecule has 0 aliphatic rings. The lowest BCUT2D eigenvalue weighted by Gasteiger charge is -2.20. The number of nitrogens with zero attached hydrogens (tertiary/aromatic N) is 10. The largest absolute Gasteiger partial charge is 0.309 e. The van der Waals surface area contributed by atoms with Crippen LogP contribution in [0.2, 0.25) is 0 Å². The SMILES string of the molecule is N#Cc1ccc(-c2ccc3c(c2)c2cc(-c4ccc(C#N)cc4)ccc2n3-c2ccc(C#N)cc2-c2ccc(-c3nc(-c4ccccc4)nc(-c4ccccc4)n3)cc2-n2c3ccc(-c4ccc(C#N)cc4)cc3c3cc(-c4ccc(C#N)cc4)ccc32)cc1. The van der Waals surface area contributed by atoms with E-state index in [2.05, 4.69) is 130 Å². The zero-order valence-electron chi connectivity index (χ0n) is 47.9. The Kier molecular flexibility index (Phi) is 13.2. The summed E-state index contributed by atoms with van der Waals surface area (Å²) in [5.41, 5.74) is 19.8. The van der Waals surface area contributed by atoms with Crippen molar-refractivity contribution in [2.24, 2.45) is 0 Å². The van der Waals surface area contributed by atoms with E-state index in [1.54, 1.807) is 0 Å². The van der Waals surface area contributed by atoms with Gasteiger partial charge in [0.1, 0.15) is 0 Å². The highest BCUT2D eigenvalue weighted by molar-refractivity contribution is 6.14. The predicted octanol–water partition coefficient (Wildman–Crippen LogP) is 18.8. The number of rotatable bonds is 10. The van der Waals surface area contributed by atoms with Gasteiger partial charge < -0.3 is 9.13 Å². The molecule has 10 nitrogen and oxygen atoms in total. The van der Waals surface area contributed by atoms with Crippen molar-refractivity contribution in [3.05, 3.63) is 295 Å². The normalized spacial score (nSPS) is 11.1. The second-order valence-corrected chi connectivity index (χ2v) is 22.0. The van der Waals surface area contributed by atoms with Gasteiger partial charge in [0.25, 0.3) is 0 Å². The van der Waals surface area contributed by atoms with Crippen LogP contribution in [0.3, 0.4) is 0 Å². The molecule has 0 aliphatic carbocycles. The molecule has 3 heterocycles. The van der Waals surface area contributed by atoms with Crippen LogP contribution in [0.4, 0.5) is 0 Å². The summed E-state index contributed by atoms with van der Waals surface area (Å²) in [4.78, 5) is 15.5. The first-order chi connectivity index (χ1) is 44.3. The van der Waals surface area contributed by atoms with Gasteiger partial charge in [0.05, 0.1) is 91.6 Å². The van der Waals surface area contributed by atoms with Crippen LogP contribution in [0, 0.1) is 56.7 Å². The molecule has 414 valence electrons. The Balaban J connectivity index is 1.02. The average Bonchev–Trinajstić information content (AvgIpc) is 2.36. The molecule has 0 atom stereocenters. The van der Waals surface area contributed by atoms with E-state index in [0.717, 1.165) is 127 Å². The van der Waals surface area contributed by atoms with Crippen molar-refractivity contribution in [1.29, 1.82) is 26.3 Å². The molecule has 10 heteroatoms. The predicted molar refractivity (Wildman–Crippen MR) is 356 cm³/mol. The van der Waals surface area contributed by atoms with Crippen LogP contribution in [0.15, 0.2) is 267 Å². The van der Waals surface area contributed by atoms with Crippen molar-refractivity contribution in [3.63, 3.8) is 0 Å². The standard InChI is InChI=1S/C80H44N10/c81-45-50-11-20-55(21-12-50)61-29-35-73-68(40-61)69-41-62(56-22-13-51(46-82)14-23-56)30-36-74(69)89(73)72-34-19-54(49-85)39-67(72)66-33-28-65(80-87-78(59-7-3-1-4-8-59)86-79(88-80)60-9-5-2-6-10-60)44-77(66)90-75-37-31-63(57-24-15-52(47-83)16-25-57)42-70(75)71-43-64(32-38-76(71)90)58-26-17-53(48-84)18-27-58/h1-44H. The van der Waals surface area contributed by atoms with Crippen LogP contribution in [-0.4, -0.2) is 24.1 Å². The molecule has 12 aromatic carbocycles. The number of nitriles is 5. The quantitative estimate of drug-likeness (QED) is 0.130. The Morgan fingerprint density at radius 2 is 0.522 bits per heavy atom. The number of hydrogen-bond donors (Lipinski definition) is 0. The molecule has 3 aromatic heterocycles. The van der Waals surface area contributed by atoms with Crippen LogP contribution in [-0.2, 0) is 0 Å². The van der Waals surface area contributed by atoms with Crippen molar-refractivity contribution in [2.45, 2.75) is 0 Å². The first-order valence-corrected chi connectivity index (χ1v) is 29.1. The second-order valence-electron chi connectivity index (χ2n) is 22.0. The van der Waals surface area contributed by atoms with Crippen molar-refractivity contribution in [3.8, 4) is 132 Å². The van der Waals surface area contributed by atoms with E-state index in [9.17, 15) is 26.3 Å². The van der Waals surface area contributed by atoms with E-state index >= 15 is 0 Å². The Labute approximate surface area is 517 Å². The number of aromatic nitrogens is 5. The molecule has 0 aliphatic heterocycles. The molecule has 0 saturated heterocycles. The lowest BCUT2D eigenvalue weighted by molar-refractivity contribution is 1.07. The van der Waals surface area contributed by atoms with Gasteiger partial charge in [-0.25, -0.2) is 15.0 Å². The summed E-state index contributed by atoms with van der Waals surface area (Å²) in [7, 11) is 0. The van der Waals surface area contributed by atoms with Crippen molar-refractivity contribution in [1.82, 2.24) is 24.1 Å². The van der Waals surface area contributed by atoms with Gasteiger partial charge in [-0.2, -0.15) is 26.3 Å². The first kappa shape index (κ1) is 53.4. The Morgan fingerprint density at radius 1 is 0.222 bits per heavy atom. The molecular formula is C80H44N10. The number of benzene rings is 12. The smallest absolute Gasteiger partial charge is 0.164 e. The summed E-state index contributed by atoms with van der Waals surface area (Å²) in [5.74, 6) is 1.51. The second kappa shape index (κ2) is 22.3. The summed E-state index contributed by atoms with van der Waals surface area (Å²) in [6.07, 6.45) is 0. The minimum atomic E-state index is 0.465. The molecule has 0 amide bonds. The Bertz CT molecular complexity index is 5330. The topological polar surface area (TPSA) is 167 Å². The molecular weight excluding hydrogens is 1100 g/mol. The van der Waals surface area contributed by atoms with Gasteiger partial charge in [0.2, 0.25) is 0 Å².